The molecule has 0 aliphatic rings. The molecule has 0 fully saturated rings. The minimum absolute atomic E-state index is 0.316. The molecule has 0 aliphatic heterocycles. The summed E-state index contributed by atoms with van der Waals surface area (Å²) < 4.78 is 15.3. The van der Waals surface area contributed by atoms with Crippen molar-refractivity contribution in [3.05, 3.63) is 47.8 Å². The zero-order valence-electron chi connectivity index (χ0n) is 11.7. The lowest BCUT2D eigenvalue weighted by Crippen LogP contribution is -2.01. The van der Waals surface area contributed by atoms with Crippen LogP contribution in [0.3, 0.4) is 0 Å². The molecule has 3 aromatic rings. The van der Waals surface area contributed by atoms with Gasteiger partial charge in [-0.25, -0.2) is 9.37 Å². The molecule has 3 rings (SSSR count). The molecule has 3 aromatic heterocycles. The smallest absolute Gasteiger partial charge is 0.183 e. The van der Waals surface area contributed by atoms with Crippen molar-refractivity contribution >= 4 is 16.5 Å². The Balaban J connectivity index is 1.74. The molecule has 21 heavy (non-hydrogen) atoms. The molecule has 1 N–H and O–H groups in total. The van der Waals surface area contributed by atoms with Gasteiger partial charge in [0.2, 0.25) is 0 Å². The van der Waals surface area contributed by atoms with Gasteiger partial charge in [-0.15, -0.1) is 0 Å². The lowest BCUT2D eigenvalue weighted by atomic mass is 10.2. The molecule has 0 unspecified atom stereocenters. The van der Waals surface area contributed by atoms with E-state index < -0.39 is 0 Å². The Morgan fingerprint density at radius 3 is 2.95 bits per heavy atom. The fourth-order valence-corrected chi connectivity index (χ4v) is 2.89. The van der Waals surface area contributed by atoms with E-state index in [4.69, 9.17) is 0 Å². The Labute approximate surface area is 125 Å². The van der Waals surface area contributed by atoms with Gasteiger partial charge in [-0.1, -0.05) is 11.3 Å². The zero-order valence-corrected chi connectivity index (χ0v) is 12.5. The van der Waals surface area contributed by atoms with Crippen LogP contribution in [-0.2, 0) is 13.6 Å². The third-order valence-electron chi connectivity index (χ3n) is 3.05. The molecule has 0 radical (unpaired) electrons. The van der Waals surface area contributed by atoms with Crippen molar-refractivity contribution in [2.75, 3.05) is 5.32 Å². The van der Waals surface area contributed by atoms with Crippen LogP contribution >= 0.6 is 11.3 Å². The first kappa shape index (κ1) is 13.7. The first-order valence-electron chi connectivity index (χ1n) is 6.42. The van der Waals surface area contributed by atoms with Crippen LogP contribution in [0.2, 0.25) is 0 Å². The fraction of sp³-hybridized carbons (Fsp3) is 0.214. The molecule has 0 aromatic carbocycles. The lowest BCUT2D eigenvalue weighted by Gasteiger charge is -2.03. The van der Waals surface area contributed by atoms with Crippen molar-refractivity contribution in [1.82, 2.24) is 19.7 Å². The summed E-state index contributed by atoms with van der Waals surface area (Å²) in [6.45, 7) is 2.33. The van der Waals surface area contributed by atoms with Crippen LogP contribution in [0.15, 0.2) is 30.7 Å². The van der Waals surface area contributed by atoms with Gasteiger partial charge >= 0.3 is 0 Å². The molecule has 5 nitrogen and oxygen atoms in total. The van der Waals surface area contributed by atoms with Crippen LogP contribution in [0.4, 0.5) is 9.52 Å². The minimum Gasteiger partial charge on any atom is -0.357 e. The number of anilines is 1. The Hall–Kier alpha value is -2.28. The standard InChI is InChI=1S/C14H14FN5S/c1-9-5-12(20(2)19-9)13-8-18-14(21-13)17-6-10-3-4-16-7-11(10)15/h3-5,7-8H,6H2,1-2H3,(H,17,18). The average Bonchev–Trinajstić information content (AvgIpc) is 3.04. The topological polar surface area (TPSA) is 55.6 Å². The summed E-state index contributed by atoms with van der Waals surface area (Å²) in [5, 5.41) is 8.20. The highest BCUT2D eigenvalue weighted by atomic mass is 32.1. The number of nitrogens with zero attached hydrogens (tertiary/aromatic N) is 4. The Bertz CT molecular complexity index is 764. The Morgan fingerprint density at radius 1 is 1.38 bits per heavy atom. The van der Waals surface area contributed by atoms with Crippen LogP contribution < -0.4 is 5.32 Å². The van der Waals surface area contributed by atoms with E-state index >= 15 is 0 Å². The van der Waals surface area contributed by atoms with Gasteiger partial charge in [0.25, 0.3) is 0 Å². The largest absolute Gasteiger partial charge is 0.357 e. The van der Waals surface area contributed by atoms with E-state index in [0.717, 1.165) is 21.4 Å². The second kappa shape index (κ2) is 5.61. The summed E-state index contributed by atoms with van der Waals surface area (Å²) in [5.41, 5.74) is 2.56. The number of nitrogens with one attached hydrogen (secondary N) is 1. The van der Waals surface area contributed by atoms with E-state index in [2.05, 4.69) is 20.4 Å². The van der Waals surface area contributed by atoms with Gasteiger partial charge < -0.3 is 5.32 Å². The molecule has 0 saturated heterocycles. The summed E-state index contributed by atoms with van der Waals surface area (Å²) in [5.74, 6) is -0.316. The van der Waals surface area contributed by atoms with E-state index in [1.165, 1.54) is 17.5 Å². The number of halogens is 1. The van der Waals surface area contributed by atoms with Crippen molar-refractivity contribution in [2.24, 2.45) is 7.05 Å². The Kier molecular flexibility index (Phi) is 3.66. The van der Waals surface area contributed by atoms with Crippen LogP contribution in [0.25, 0.3) is 10.6 Å². The molecule has 0 aliphatic carbocycles. The van der Waals surface area contributed by atoms with Crippen LogP contribution in [0.5, 0.6) is 0 Å². The van der Waals surface area contributed by atoms with Crippen molar-refractivity contribution in [2.45, 2.75) is 13.5 Å². The summed E-state index contributed by atoms with van der Waals surface area (Å²) in [6.07, 6.45) is 4.58. The molecular weight excluding hydrogens is 289 g/mol. The van der Waals surface area contributed by atoms with Crippen molar-refractivity contribution in [1.29, 1.82) is 0 Å². The number of aromatic nitrogens is 4. The normalized spacial score (nSPS) is 10.8. The molecule has 0 bridgehead atoms. The van der Waals surface area contributed by atoms with E-state index in [1.807, 2.05) is 24.7 Å². The van der Waals surface area contributed by atoms with Crippen LogP contribution in [0.1, 0.15) is 11.3 Å². The zero-order chi connectivity index (χ0) is 14.8. The van der Waals surface area contributed by atoms with Crippen LogP contribution in [0, 0.1) is 12.7 Å². The van der Waals surface area contributed by atoms with Crippen molar-refractivity contribution < 1.29 is 4.39 Å². The summed E-state index contributed by atoms with van der Waals surface area (Å²) >= 11 is 1.52. The maximum Gasteiger partial charge on any atom is 0.183 e. The third-order valence-corrected chi connectivity index (χ3v) is 4.02. The van der Waals surface area contributed by atoms with Crippen molar-refractivity contribution in [3.8, 4) is 10.6 Å². The summed E-state index contributed by atoms with van der Waals surface area (Å²) in [7, 11) is 1.90. The van der Waals surface area contributed by atoms with Crippen molar-refractivity contribution in [3.63, 3.8) is 0 Å². The number of thiazole rings is 1. The van der Waals surface area contributed by atoms with Gasteiger partial charge in [0.15, 0.2) is 5.13 Å². The lowest BCUT2D eigenvalue weighted by molar-refractivity contribution is 0.606. The van der Waals surface area contributed by atoms with Gasteiger partial charge in [-0.2, -0.15) is 5.10 Å². The molecule has 0 amide bonds. The summed E-state index contributed by atoms with van der Waals surface area (Å²) in [6, 6.07) is 3.67. The summed E-state index contributed by atoms with van der Waals surface area (Å²) in [4.78, 5) is 9.07. The highest BCUT2D eigenvalue weighted by Crippen LogP contribution is 2.29. The molecule has 3 heterocycles. The van der Waals surface area contributed by atoms with E-state index in [1.54, 1.807) is 18.5 Å². The predicted octanol–water partition coefficient (Wildman–Crippen LogP) is 3.00. The second-order valence-corrected chi connectivity index (χ2v) is 5.68. The predicted molar refractivity (Wildman–Crippen MR) is 80.6 cm³/mol. The van der Waals surface area contributed by atoms with Gasteiger partial charge in [0.1, 0.15) is 5.82 Å². The Morgan fingerprint density at radius 2 is 2.24 bits per heavy atom. The number of pyridine rings is 1. The van der Waals surface area contributed by atoms with Gasteiger partial charge in [-0.05, 0) is 19.1 Å². The van der Waals surface area contributed by atoms with E-state index in [0.29, 0.717) is 12.1 Å². The third kappa shape index (κ3) is 2.92. The van der Waals surface area contributed by atoms with Gasteiger partial charge in [-0.3, -0.25) is 9.67 Å². The second-order valence-electron chi connectivity index (χ2n) is 4.64. The monoisotopic (exact) mass is 303 g/mol. The quantitative estimate of drug-likeness (QED) is 0.805. The molecule has 0 spiro atoms. The molecule has 7 heteroatoms. The number of hydrogen-bond acceptors (Lipinski definition) is 5. The van der Waals surface area contributed by atoms with E-state index in [9.17, 15) is 4.39 Å². The van der Waals surface area contributed by atoms with Crippen LogP contribution in [-0.4, -0.2) is 19.7 Å². The first-order valence-corrected chi connectivity index (χ1v) is 7.24. The molecule has 0 saturated carbocycles. The highest BCUT2D eigenvalue weighted by molar-refractivity contribution is 7.18. The minimum atomic E-state index is -0.316. The maximum atomic E-state index is 13.5. The molecule has 108 valence electrons. The molecule has 0 atom stereocenters. The number of hydrogen-bond donors (Lipinski definition) is 1. The average molecular weight is 303 g/mol. The fourth-order valence-electron chi connectivity index (χ4n) is 2.03. The van der Waals surface area contributed by atoms with Gasteiger partial charge in [0, 0.05) is 31.5 Å². The van der Waals surface area contributed by atoms with E-state index in [-0.39, 0.29) is 5.82 Å². The maximum absolute atomic E-state index is 13.5. The molecular formula is C14H14FN5S. The number of rotatable bonds is 4. The van der Waals surface area contributed by atoms with Gasteiger partial charge in [0.05, 0.1) is 22.5 Å². The first-order chi connectivity index (χ1) is 10.1. The SMILES string of the molecule is Cc1cc(-c2cnc(NCc3ccncc3F)s2)n(C)n1. The highest BCUT2D eigenvalue weighted by Gasteiger charge is 2.10. The number of aryl methyl sites for hydroxylation is 2.